The van der Waals surface area contributed by atoms with Gasteiger partial charge in [-0.25, -0.2) is 4.98 Å². The number of hydrogen-bond donors (Lipinski definition) is 0. The van der Waals surface area contributed by atoms with Gasteiger partial charge in [0.15, 0.2) is 0 Å². The van der Waals surface area contributed by atoms with Crippen LogP contribution in [0.4, 0.5) is 5.82 Å². The molecular formula is C20H29N5O. The number of amides is 1. The highest BCUT2D eigenvalue weighted by molar-refractivity contribution is 5.94. The number of anilines is 1. The Labute approximate surface area is 155 Å². The molecule has 1 amide bonds. The van der Waals surface area contributed by atoms with E-state index in [2.05, 4.69) is 28.8 Å². The average molecular weight is 355 g/mol. The van der Waals surface area contributed by atoms with Gasteiger partial charge in [0, 0.05) is 50.8 Å². The lowest BCUT2D eigenvalue weighted by Crippen LogP contribution is -2.44. The number of carbonyl (C=O) groups is 1. The van der Waals surface area contributed by atoms with Gasteiger partial charge in [0.1, 0.15) is 5.82 Å². The van der Waals surface area contributed by atoms with Crippen LogP contribution in [0.15, 0.2) is 36.8 Å². The normalized spacial score (nSPS) is 17.3. The molecule has 1 atom stereocenters. The quantitative estimate of drug-likeness (QED) is 0.765. The topological polar surface area (TPSA) is 54.3 Å². The first-order valence-corrected chi connectivity index (χ1v) is 9.72. The van der Waals surface area contributed by atoms with Gasteiger partial charge in [0.2, 0.25) is 0 Å². The molecule has 3 heterocycles. The van der Waals surface area contributed by atoms with E-state index >= 15 is 0 Å². The van der Waals surface area contributed by atoms with Gasteiger partial charge in [-0.05, 0) is 57.7 Å². The molecule has 6 heteroatoms. The van der Waals surface area contributed by atoms with Crippen LogP contribution in [-0.4, -0.2) is 51.2 Å². The van der Waals surface area contributed by atoms with Crippen molar-refractivity contribution in [1.82, 2.24) is 19.7 Å². The molecule has 0 aliphatic carbocycles. The van der Waals surface area contributed by atoms with Crippen LogP contribution in [0.25, 0.3) is 0 Å². The second-order valence-corrected chi connectivity index (χ2v) is 6.78. The van der Waals surface area contributed by atoms with Crippen molar-refractivity contribution in [3.8, 4) is 0 Å². The molecule has 6 nitrogen and oxygen atoms in total. The molecule has 26 heavy (non-hydrogen) atoms. The van der Waals surface area contributed by atoms with Gasteiger partial charge < -0.3 is 9.80 Å². The van der Waals surface area contributed by atoms with Crippen molar-refractivity contribution in [2.75, 3.05) is 24.5 Å². The minimum absolute atomic E-state index is 0.105. The predicted octanol–water partition coefficient (Wildman–Crippen LogP) is 3.21. The number of nitrogens with zero attached hydrogens (tertiary/aromatic N) is 5. The fraction of sp³-hybridized carbons (Fsp3) is 0.550. The van der Waals surface area contributed by atoms with Crippen LogP contribution in [-0.2, 0) is 6.54 Å². The Hall–Kier alpha value is -2.37. The first-order chi connectivity index (χ1) is 12.7. The molecular weight excluding hydrogens is 326 g/mol. The van der Waals surface area contributed by atoms with Crippen LogP contribution in [0, 0.1) is 0 Å². The molecule has 1 saturated heterocycles. The van der Waals surface area contributed by atoms with E-state index < -0.39 is 0 Å². The largest absolute Gasteiger partial charge is 0.357 e. The Morgan fingerprint density at radius 2 is 2.12 bits per heavy atom. The number of piperidine rings is 1. The standard InChI is InChI=1S/C20H29N5O/c1-3-23(4-2)19-10-9-17(16-21-19)20(26)25-14-6-5-8-18(25)11-15-24-13-7-12-22-24/h7,9-10,12-13,16,18H,3-6,8,11,14-15H2,1-2H3/t18-/m1/s1. The van der Waals surface area contributed by atoms with Crippen molar-refractivity contribution in [2.45, 2.75) is 52.1 Å². The molecule has 1 aliphatic heterocycles. The van der Waals surface area contributed by atoms with Gasteiger partial charge in [-0.15, -0.1) is 0 Å². The van der Waals surface area contributed by atoms with Crippen molar-refractivity contribution in [3.05, 3.63) is 42.4 Å². The summed E-state index contributed by atoms with van der Waals surface area (Å²) in [5, 5.41) is 4.27. The Bertz CT molecular complexity index is 679. The van der Waals surface area contributed by atoms with Gasteiger partial charge >= 0.3 is 0 Å². The third-order valence-corrected chi connectivity index (χ3v) is 5.22. The zero-order chi connectivity index (χ0) is 18.4. The fourth-order valence-corrected chi connectivity index (χ4v) is 3.70. The highest BCUT2D eigenvalue weighted by Gasteiger charge is 2.27. The van der Waals surface area contributed by atoms with E-state index in [1.54, 1.807) is 12.4 Å². The lowest BCUT2D eigenvalue weighted by Gasteiger charge is -2.36. The van der Waals surface area contributed by atoms with Gasteiger partial charge in [0.25, 0.3) is 5.91 Å². The van der Waals surface area contributed by atoms with E-state index in [4.69, 9.17) is 0 Å². The van der Waals surface area contributed by atoms with Crippen molar-refractivity contribution in [2.24, 2.45) is 0 Å². The van der Waals surface area contributed by atoms with E-state index in [0.29, 0.717) is 5.56 Å². The van der Waals surface area contributed by atoms with E-state index in [9.17, 15) is 4.79 Å². The number of likely N-dealkylation sites (tertiary alicyclic amines) is 1. The highest BCUT2D eigenvalue weighted by Crippen LogP contribution is 2.23. The monoisotopic (exact) mass is 355 g/mol. The molecule has 1 fully saturated rings. The Kier molecular flexibility index (Phi) is 6.26. The van der Waals surface area contributed by atoms with Gasteiger partial charge in [-0.3, -0.25) is 9.48 Å². The molecule has 0 radical (unpaired) electrons. The van der Waals surface area contributed by atoms with E-state index in [1.165, 1.54) is 6.42 Å². The molecule has 0 spiro atoms. The van der Waals surface area contributed by atoms with Crippen molar-refractivity contribution < 1.29 is 4.79 Å². The number of rotatable bonds is 7. The summed E-state index contributed by atoms with van der Waals surface area (Å²) in [7, 11) is 0. The summed E-state index contributed by atoms with van der Waals surface area (Å²) in [6.45, 7) is 7.74. The third kappa shape index (κ3) is 4.23. The van der Waals surface area contributed by atoms with Crippen LogP contribution in [0.3, 0.4) is 0 Å². The lowest BCUT2D eigenvalue weighted by molar-refractivity contribution is 0.0593. The molecule has 0 bridgehead atoms. The molecule has 1 aliphatic rings. The molecule has 0 aromatic carbocycles. The van der Waals surface area contributed by atoms with Gasteiger partial charge in [0.05, 0.1) is 5.56 Å². The second-order valence-electron chi connectivity index (χ2n) is 6.78. The first-order valence-electron chi connectivity index (χ1n) is 9.72. The molecule has 0 unspecified atom stereocenters. The van der Waals surface area contributed by atoms with Crippen molar-refractivity contribution in [3.63, 3.8) is 0 Å². The van der Waals surface area contributed by atoms with Crippen LogP contribution >= 0.6 is 0 Å². The summed E-state index contributed by atoms with van der Waals surface area (Å²) >= 11 is 0. The maximum Gasteiger partial charge on any atom is 0.255 e. The maximum absolute atomic E-state index is 13.0. The summed E-state index contributed by atoms with van der Waals surface area (Å²) < 4.78 is 1.94. The summed E-state index contributed by atoms with van der Waals surface area (Å²) in [5.41, 5.74) is 0.687. The summed E-state index contributed by atoms with van der Waals surface area (Å²) in [4.78, 5) is 21.8. The molecule has 0 saturated carbocycles. The van der Waals surface area contributed by atoms with E-state index in [-0.39, 0.29) is 11.9 Å². The van der Waals surface area contributed by atoms with Crippen LogP contribution in [0.2, 0.25) is 0 Å². The number of carbonyl (C=O) groups excluding carboxylic acids is 1. The number of hydrogen-bond acceptors (Lipinski definition) is 4. The van der Waals surface area contributed by atoms with Crippen molar-refractivity contribution in [1.29, 1.82) is 0 Å². The lowest BCUT2D eigenvalue weighted by atomic mass is 9.98. The first kappa shape index (κ1) is 18.4. The van der Waals surface area contributed by atoms with Crippen LogP contribution in [0.1, 0.15) is 49.9 Å². The smallest absolute Gasteiger partial charge is 0.255 e. The summed E-state index contributed by atoms with van der Waals surface area (Å²) in [5.74, 6) is 1.04. The van der Waals surface area contributed by atoms with Crippen molar-refractivity contribution >= 4 is 11.7 Å². The second kappa shape index (κ2) is 8.83. The molecule has 2 aromatic rings. The molecule has 140 valence electrons. The minimum atomic E-state index is 0.105. The zero-order valence-electron chi connectivity index (χ0n) is 15.8. The number of pyridine rings is 1. The van der Waals surface area contributed by atoms with Crippen LogP contribution < -0.4 is 4.90 Å². The summed E-state index contributed by atoms with van der Waals surface area (Å²) in [6, 6.07) is 6.10. The summed E-state index contributed by atoms with van der Waals surface area (Å²) in [6.07, 6.45) is 9.78. The van der Waals surface area contributed by atoms with E-state index in [1.807, 2.05) is 34.0 Å². The Morgan fingerprint density at radius 3 is 2.77 bits per heavy atom. The van der Waals surface area contributed by atoms with Gasteiger partial charge in [-0.1, -0.05) is 0 Å². The fourth-order valence-electron chi connectivity index (χ4n) is 3.70. The van der Waals surface area contributed by atoms with Crippen LogP contribution in [0.5, 0.6) is 0 Å². The highest BCUT2D eigenvalue weighted by atomic mass is 16.2. The van der Waals surface area contributed by atoms with E-state index in [0.717, 1.165) is 51.3 Å². The number of aromatic nitrogens is 3. The van der Waals surface area contributed by atoms with Gasteiger partial charge in [-0.2, -0.15) is 5.10 Å². The molecule has 3 rings (SSSR count). The molecule has 2 aromatic heterocycles. The zero-order valence-corrected chi connectivity index (χ0v) is 15.8. The SMILES string of the molecule is CCN(CC)c1ccc(C(=O)N2CCCC[C@@H]2CCn2cccn2)cn1. The number of aryl methyl sites for hydroxylation is 1. The minimum Gasteiger partial charge on any atom is -0.357 e. The molecule has 0 N–H and O–H groups in total. The Balaban J connectivity index is 1.67. The Morgan fingerprint density at radius 1 is 1.27 bits per heavy atom. The third-order valence-electron chi connectivity index (χ3n) is 5.22. The average Bonchev–Trinajstić information content (AvgIpc) is 3.21. The predicted molar refractivity (Wildman–Crippen MR) is 103 cm³/mol. The maximum atomic E-state index is 13.0.